The average Bonchev–Trinajstić information content (AvgIpc) is 3.23. The first kappa shape index (κ1) is 18.5. The summed E-state index contributed by atoms with van der Waals surface area (Å²) < 4.78 is 5.98. The fourth-order valence-corrected chi connectivity index (χ4v) is 4.41. The lowest BCUT2D eigenvalue weighted by molar-refractivity contribution is -0.116. The van der Waals surface area contributed by atoms with Crippen LogP contribution in [-0.4, -0.2) is 16.1 Å². The Kier molecular flexibility index (Phi) is 4.99. The summed E-state index contributed by atoms with van der Waals surface area (Å²) in [6.07, 6.45) is 1.69. The van der Waals surface area contributed by atoms with Gasteiger partial charge < -0.3 is 4.74 Å². The molecule has 0 fully saturated rings. The van der Waals surface area contributed by atoms with E-state index in [4.69, 9.17) is 4.74 Å². The number of para-hydroxylation sites is 2. The van der Waals surface area contributed by atoms with Crippen molar-refractivity contribution in [3.63, 3.8) is 0 Å². The molecule has 1 N–H and O–H groups in total. The fraction of sp³-hybridized carbons (Fsp3) is 0.125. The monoisotopic (exact) mass is 413 g/mol. The number of hydrogen-bond donors (Lipinski definition) is 1. The number of rotatable bonds is 5. The average molecular weight is 414 g/mol. The van der Waals surface area contributed by atoms with Crippen LogP contribution >= 0.6 is 11.3 Å². The van der Waals surface area contributed by atoms with Crippen LogP contribution in [0.25, 0.3) is 0 Å². The molecule has 1 amide bonds. The third-order valence-electron chi connectivity index (χ3n) is 5.11. The molecule has 6 heteroatoms. The number of carbonyl (C=O) groups excluding carboxylic acids is 1. The number of fused-ring (bicyclic) bond motifs is 2. The number of ether oxygens (including phenoxy) is 1. The van der Waals surface area contributed by atoms with E-state index in [9.17, 15) is 4.79 Å². The molecule has 0 unspecified atom stereocenters. The van der Waals surface area contributed by atoms with Crippen molar-refractivity contribution < 1.29 is 9.53 Å². The van der Waals surface area contributed by atoms with Crippen LogP contribution in [0.2, 0.25) is 0 Å². The Labute approximate surface area is 178 Å². The summed E-state index contributed by atoms with van der Waals surface area (Å²) in [6, 6.07) is 25.6. The molecule has 0 spiro atoms. The van der Waals surface area contributed by atoms with Crippen molar-refractivity contribution in [1.29, 1.82) is 0 Å². The van der Waals surface area contributed by atoms with Gasteiger partial charge in [-0.1, -0.05) is 78.1 Å². The van der Waals surface area contributed by atoms with Crippen molar-refractivity contribution in [1.82, 2.24) is 10.2 Å². The van der Waals surface area contributed by atoms with Gasteiger partial charge in [-0.2, -0.15) is 0 Å². The minimum Gasteiger partial charge on any atom is -0.457 e. The van der Waals surface area contributed by atoms with Crippen LogP contribution in [0.1, 0.15) is 27.6 Å². The van der Waals surface area contributed by atoms with Gasteiger partial charge in [0.15, 0.2) is 0 Å². The van der Waals surface area contributed by atoms with Crippen molar-refractivity contribution >= 4 is 22.4 Å². The molecule has 1 aliphatic rings. The Morgan fingerprint density at radius 3 is 2.17 bits per heavy atom. The van der Waals surface area contributed by atoms with Crippen molar-refractivity contribution in [2.24, 2.45) is 0 Å². The number of nitrogens with zero attached hydrogens (tertiary/aromatic N) is 2. The summed E-state index contributed by atoms with van der Waals surface area (Å²) in [6.45, 7) is 0. The number of carbonyl (C=O) groups is 1. The Morgan fingerprint density at radius 2 is 1.47 bits per heavy atom. The van der Waals surface area contributed by atoms with Gasteiger partial charge in [0.05, 0.1) is 5.92 Å². The summed E-state index contributed by atoms with van der Waals surface area (Å²) in [5, 5.41) is 12.8. The summed E-state index contributed by atoms with van der Waals surface area (Å²) in [4.78, 5) is 13.3. The third-order valence-corrected chi connectivity index (χ3v) is 6.01. The first-order valence-corrected chi connectivity index (χ1v) is 10.6. The molecular weight excluding hydrogens is 394 g/mol. The maximum atomic E-state index is 13.3. The van der Waals surface area contributed by atoms with Crippen LogP contribution in [0, 0.1) is 0 Å². The van der Waals surface area contributed by atoms with E-state index in [-0.39, 0.29) is 5.91 Å². The van der Waals surface area contributed by atoms with Gasteiger partial charge in [-0.05, 0) is 24.1 Å². The number of aromatic nitrogens is 2. The third kappa shape index (κ3) is 3.69. The van der Waals surface area contributed by atoms with Crippen LogP contribution < -0.4 is 10.1 Å². The lowest BCUT2D eigenvalue weighted by Gasteiger charge is -2.27. The van der Waals surface area contributed by atoms with E-state index in [2.05, 4.69) is 27.6 Å². The molecule has 0 radical (unpaired) electrons. The number of nitrogens with one attached hydrogen (secondary N) is 1. The second kappa shape index (κ2) is 8.08. The summed E-state index contributed by atoms with van der Waals surface area (Å²) in [7, 11) is 0. The molecule has 0 saturated heterocycles. The quantitative estimate of drug-likeness (QED) is 0.488. The van der Waals surface area contributed by atoms with Crippen molar-refractivity contribution in [3.05, 3.63) is 101 Å². The highest BCUT2D eigenvalue weighted by Crippen LogP contribution is 2.44. The number of hydrogen-bond acceptors (Lipinski definition) is 5. The SMILES string of the molecule is O=C(Nc1nnc(CCc2ccccc2)s1)C1c2ccccc2Oc2ccccc21. The minimum atomic E-state index is -0.456. The van der Waals surface area contributed by atoms with Crippen LogP contribution in [0.3, 0.4) is 0 Å². The van der Waals surface area contributed by atoms with Gasteiger partial charge >= 0.3 is 0 Å². The molecular formula is C24H19N3O2S. The Morgan fingerprint density at radius 1 is 0.833 bits per heavy atom. The number of amides is 1. The second-order valence-electron chi connectivity index (χ2n) is 7.09. The molecule has 5 nitrogen and oxygen atoms in total. The van der Waals surface area contributed by atoms with Gasteiger partial charge in [0.2, 0.25) is 11.0 Å². The van der Waals surface area contributed by atoms with Crippen LogP contribution in [0.5, 0.6) is 11.5 Å². The molecule has 148 valence electrons. The molecule has 2 heterocycles. The molecule has 0 saturated carbocycles. The minimum absolute atomic E-state index is 0.135. The van der Waals surface area contributed by atoms with Crippen molar-refractivity contribution in [2.75, 3.05) is 5.32 Å². The molecule has 0 atom stereocenters. The van der Waals surface area contributed by atoms with E-state index in [0.717, 1.165) is 29.0 Å². The summed E-state index contributed by atoms with van der Waals surface area (Å²) >= 11 is 1.42. The van der Waals surface area contributed by atoms with Crippen molar-refractivity contribution in [2.45, 2.75) is 18.8 Å². The molecule has 0 aliphatic carbocycles. The first-order chi connectivity index (χ1) is 14.8. The predicted octanol–water partition coefficient (Wildman–Crippen LogP) is 5.20. The Bertz CT molecular complexity index is 1140. The normalized spacial score (nSPS) is 12.5. The van der Waals surface area contributed by atoms with Gasteiger partial charge in [-0.15, -0.1) is 10.2 Å². The summed E-state index contributed by atoms with van der Waals surface area (Å²) in [5.41, 5.74) is 2.96. The maximum Gasteiger partial charge on any atom is 0.238 e. The lowest BCUT2D eigenvalue weighted by Crippen LogP contribution is -2.25. The zero-order valence-electron chi connectivity index (χ0n) is 16.1. The molecule has 0 bridgehead atoms. The number of benzene rings is 3. The number of aryl methyl sites for hydroxylation is 2. The van der Waals surface area contributed by atoms with E-state index in [0.29, 0.717) is 16.6 Å². The standard InChI is InChI=1S/C24H19N3O2S/c28-23(25-24-27-26-21(30-24)15-14-16-8-2-1-3-9-16)22-17-10-4-6-12-19(17)29-20-13-7-5-11-18(20)22/h1-13,22H,14-15H2,(H,25,27,28). The Balaban J connectivity index is 1.34. The predicted molar refractivity (Wildman–Crippen MR) is 117 cm³/mol. The van der Waals surface area contributed by atoms with Crippen molar-refractivity contribution in [3.8, 4) is 11.5 Å². The second-order valence-corrected chi connectivity index (χ2v) is 8.15. The molecule has 30 heavy (non-hydrogen) atoms. The molecule has 1 aromatic heterocycles. The van der Waals surface area contributed by atoms with Crippen LogP contribution in [-0.2, 0) is 17.6 Å². The summed E-state index contributed by atoms with van der Waals surface area (Å²) in [5.74, 6) is 0.820. The lowest BCUT2D eigenvalue weighted by atomic mass is 9.87. The van der Waals surface area contributed by atoms with Gasteiger partial charge in [0, 0.05) is 17.5 Å². The van der Waals surface area contributed by atoms with Gasteiger partial charge in [0.25, 0.3) is 0 Å². The highest BCUT2D eigenvalue weighted by Gasteiger charge is 2.32. The van der Waals surface area contributed by atoms with E-state index in [1.165, 1.54) is 16.9 Å². The zero-order chi connectivity index (χ0) is 20.3. The highest BCUT2D eigenvalue weighted by molar-refractivity contribution is 7.15. The Hall–Kier alpha value is -3.51. The maximum absolute atomic E-state index is 13.3. The molecule has 5 rings (SSSR count). The zero-order valence-corrected chi connectivity index (χ0v) is 16.9. The molecule has 3 aromatic carbocycles. The van der Waals surface area contributed by atoms with E-state index in [1.807, 2.05) is 66.7 Å². The van der Waals surface area contributed by atoms with Gasteiger partial charge in [-0.25, -0.2) is 0 Å². The van der Waals surface area contributed by atoms with Crippen LogP contribution in [0.15, 0.2) is 78.9 Å². The van der Waals surface area contributed by atoms with E-state index < -0.39 is 5.92 Å². The first-order valence-electron chi connectivity index (χ1n) is 9.81. The van der Waals surface area contributed by atoms with Gasteiger partial charge in [-0.3, -0.25) is 10.1 Å². The topological polar surface area (TPSA) is 64.1 Å². The van der Waals surface area contributed by atoms with E-state index in [1.54, 1.807) is 0 Å². The molecule has 4 aromatic rings. The molecule has 1 aliphatic heterocycles. The van der Waals surface area contributed by atoms with Gasteiger partial charge in [0.1, 0.15) is 16.5 Å². The number of anilines is 1. The fourth-order valence-electron chi connectivity index (χ4n) is 3.67. The highest BCUT2D eigenvalue weighted by atomic mass is 32.1. The largest absolute Gasteiger partial charge is 0.457 e. The van der Waals surface area contributed by atoms with Crippen LogP contribution in [0.4, 0.5) is 5.13 Å². The smallest absolute Gasteiger partial charge is 0.238 e. The van der Waals surface area contributed by atoms with E-state index >= 15 is 0 Å².